The smallest absolute Gasteiger partial charge is 0.264 e. The maximum atomic E-state index is 13.0. The fourth-order valence-electron chi connectivity index (χ4n) is 2.74. The zero-order valence-electron chi connectivity index (χ0n) is 11.8. The van der Waals surface area contributed by atoms with Gasteiger partial charge in [0.15, 0.2) is 0 Å². The SMILES string of the molecule is CN1CC[C@@H](c2ccc(F)cc2)[C@H](COS(C)(=O)=O)C1. The summed E-state index contributed by atoms with van der Waals surface area (Å²) < 4.78 is 40.3. The zero-order chi connectivity index (χ0) is 14.8. The summed E-state index contributed by atoms with van der Waals surface area (Å²) in [5, 5.41) is 0. The Hall–Kier alpha value is -0.980. The van der Waals surface area contributed by atoms with Crippen molar-refractivity contribution >= 4 is 10.1 Å². The van der Waals surface area contributed by atoms with Crippen molar-refractivity contribution in [3.8, 4) is 0 Å². The van der Waals surface area contributed by atoms with E-state index >= 15 is 0 Å². The van der Waals surface area contributed by atoms with Gasteiger partial charge >= 0.3 is 0 Å². The highest BCUT2D eigenvalue weighted by atomic mass is 32.2. The number of halogens is 1. The maximum absolute atomic E-state index is 13.0. The van der Waals surface area contributed by atoms with E-state index < -0.39 is 10.1 Å². The summed E-state index contributed by atoms with van der Waals surface area (Å²) in [4.78, 5) is 2.16. The number of piperidine rings is 1. The Labute approximate surface area is 119 Å². The van der Waals surface area contributed by atoms with Gasteiger partial charge in [-0.25, -0.2) is 4.39 Å². The van der Waals surface area contributed by atoms with Crippen LogP contribution in [0.15, 0.2) is 24.3 Å². The first-order chi connectivity index (χ1) is 9.35. The summed E-state index contributed by atoms with van der Waals surface area (Å²) in [6.07, 6.45) is 1.98. The minimum atomic E-state index is -3.43. The normalized spacial score (nSPS) is 24.8. The molecule has 0 bridgehead atoms. The van der Waals surface area contributed by atoms with Gasteiger partial charge in [0.2, 0.25) is 0 Å². The molecule has 1 aromatic rings. The molecule has 0 spiro atoms. The molecular formula is C14H20FNO3S. The van der Waals surface area contributed by atoms with Gasteiger partial charge in [-0.3, -0.25) is 4.18 Å². The first-order valence-corrected chi connectivity index (χ1v) is 8.45. The Morgan fingerprint density at radius 2 is 2.00 bits per heavy atom. The van der Waals surface area contributed by atoms with E-state index in [4.69, 9.17) is 4.18 Å². The standard InChI is InChI=1S/C14H20FNO3S/c1-16-8-7-14(11-3-5-13(15)6-4-11)12(9-16)10-19-20(2,17)18/h3-6,12,14H,7-10H2,1-2H3/t12-,14-/m0/s1. The van der Waals surface area contributed by atoms with E-state index in [-0.39, 0.29) is 24.3 Å². The van der Waals surface area contributed by atoms with Crippen molar-refractivity contribution in [1.29, 1.82) is 0 Å². The van der Waals surface area contributed by atoms with Gasteiger partial charge in [-0.05, 0) is 43.6 Å². The molecule has 2 rings (SSSR count). The molecule has 2 atom stereocenters. The molecule has 0 saturated carbocycles. The van der Waals surface area contributed by atoms with Crippen LogP contribution in [0.3, 0.4) is 0 Å². The van der Waals surface area contributed by atoms with Crippen LogP contribution >= 0.6 is 0 Å². The van der Waals surface area contributed by atoms with E-state index in [9.17, 15) is 12.8 Å². The van der Waals surface area contributed by atoms with Gasteiger partial charge in [-0.1, -0.05) is 12.1 Å². The number of hydrogen-bond donors (Lipinski definition) is 0. The van der Waals surface area contributed by atoms with Crippen molar-refractivity contribution in [3.05, 3.63) is 35.6 Å². The molecule has 1 aliphatic heterocycles. The molecule has 1 aromatic carbocycles. The van der Waals surface area contributed by atoms with Crippen LogP contribution in [0.1, 0.15) is 17.9 Å². The van der Waals surface area contributed by atoms with Crippen LogP contribution in [0, 0.1) is 11.7 Å². The highest BCUT2D eigenvalue weighted by Crippen LogP contribution is 2.33. The Bertz CT molecular complexity index is 544. The van der Waals surface area contributed by atoms with E-state index in [1.54, 1.807) is 12.1 Å². The quantitative estimate of drug-likeness (QED) is 0.796. The van der Waals surface area contributed by atoms with Crippen LogP contribution in [0.25, 0.3) is 0 Å². The molecule has 112 valence electrons. The summed E-state index contributed by atoms with van der Waals surface area (Å²) in [6.45, 7) is 1.89. The second-order valence-corrected chi connectivity index (χ2v) is 7.10. The van der Waals surface area contributed by atoms with Gasteiger partial charge in [0.1, 0.15) is 5.82 Å². The van der Waals surface area contributed by atoms with E-state index in [1.165, 1.54) is 12.1 Å². The van der Waals surface area contributed by atoms with Crippen LogP contribution in [-0.2, 0) is 14.3 Å². The molecule has 1 heterocycles. The van der Waals surface area contributed by atoms with Gasteiger partial charge in [-0.15, -0.1) is 0 Å². The van der Waals surface area contributed by atoms with Gasteiger partial charge < -0.3 is 4.90 Å². The largest absolute Gasteiger partial charge is 0.306 e. The molecule has 0 aliphatic carbocycles. The summed E-state index contributed by atoms with van der Waals surface area (Å²) in [5.41, 5.74) is 1.04. The molecular weight excluding hydrogens is 281 g/mol. The highest BCUT2D eigenvalue weighted by Gasteiger charge is 2.30. The third kappa shape index (κ3) is 4.26. The molecule has 0 aromatic heterocycles. The van der Waals surface area contributed by atoms with Gasteiger partial charge in [0.25, 0.3) is 10.1 Å². The number of likely N-dealkylation sites (tertiary alicyclic amines) is 1. The Balaban J connectivity index is 2.13. The molecule has 0 unspecified atom stereocenters. The molecule has 20 heavy (non-hydrogen) atoms. The lowest BCUT2D eigenvalue weighted by Gasteiger charge is -2.36. The minimum Gasteiger partial charge on any atom is -0.306 e. The number of nitrogens with zero attached hydrogens (tertiary/aromatic N) is 1. The number of hydrogen-bond acceptors (Lipinski definition) is 4. The molecule has 1 saturated heterocycles. The minimum absolute atomic E-state index is 0.0916. The topological polar surface area (TPSA) is 46.6 Å². The monoisotopic (exact) mass is 301 g/mol. The van der Waals surface area contributed by atoms with Gasteiger partial charge in [0.05, 0.1) is 12.9 Å². The first kappa shape index (κ1) is 15.4. The summed E-state index contributed by atoms with van der Waals surface area (Å²) in [5.74, 6) is 0.0353. The lowest BCUT2D eigenvalue weighted by atomic mass is 9.81. The summed E-state index contributed by atoms with van der Waals surface area (Å²) >= 11 is 0. The van der Waals surface area contributed by atoms with Crippen LogP contribution in [-0.4, -0.2) is 46.3 Å². The maximum Gasteiger partial charge on any atom is 0.264 e. The van der Waals surface area contributed by atoms with Crippen LogP contribution in [0.2, 0.25) is 0 Å². The van der Waals surface area contributed by atoms with Crippen LogP contribution in [0.5, 0.6) is 0 Å². The average molecular weight is 301 g/mol. The van der Waals surface area contributed by atoms with Gasteiger partial charge in [0, 0.05) is 12.5 Å². The molecule has 0 N–H and O–H groups in total. The van der Waals surface area contributed by atoms with Crippen molar-refractivity contribution in [3.63, 3.8) is 0 Å². The molecule has 0 amide bonds. The summed E-state index contributed by atoms with van der Waals surface area (Å²) in [6, 6.07) is 6.45. The Morgan fingerprint density at radius 3 is 2.60 bits per heavy atom. The zero-order valence-corrected chi connectivity index (χ0v) is 12.6. The predicted molar refractivity (Wildman–Crippen MR) is 75.5 cm³/mol. The van der Waals surface area contributed by atoms with E-state index in [0.717, 1.165) is 31.3 Å². The van der Waals surface area contributed by atoms with E-state index in [0.29, 0.717) is 0 Å². The van der Waals surface area contributed by atoms with Gasteiger partial charge in [-0.2, -0.15) is 8.42 Å². The van der Waals surface area contributed by atoms with Crippen molar-refractivity contribution < 1.29 is 17.0 Å². The second-order valence-electron chi connectivity index (χ2n) is 5.46. The lowest BCUT2D eigenvalue weighted by molar-refractivity contribution is 0.133. The lowest BCUT2D eigenvalue weighted by Crippen LogP contribution is -2.39. The fourth-order valence-corrected chi connectivity index (χ4v) is 3.16. The van der Waals surface area contributed by atoms with Crippen LogP contribution < -0.4 is 0 Å². The average Bonchev–Trinajstić information content (AvgIpc) is 2.37. The molecule has 6 heteroatoms. The Morgan fingerprint density at radius 1 is 1.35 bits per heavy atom. The van der Waals surface area contributed by atoms with Crippen molar-refractivity contribution in [2.45, 2.75) is 12.3 Å². The number of benzene rings is 1. The van der Waals surface area contributed by atoms with Crippen molar-refractivity contribution in [2.24, 2.45) is 5.92 Å². The predicted octanol–water partition coefficient (Wildman–Crippen LogP) is 1.84. The molecule has 1 aliphatic rings. The highest BCUT2D eigenvalue weighted by molar-refractivity contribution is 7.85. The van der Waals surface area contributed by atoms with E-state index in [2.05, 4.69) is 4.90 Å². The molecule has 0 radical (unpaired) electrons. The number of rotatable bonds is 4. The fraction of sp³-hybridized carbons (Fsp3) is 0.571. The summed E-state index contributed by atoms with van der Waals surface area (Å²) in [7, 11) is -1.42. The molecule has 1 fully saturated rings. The van der Waals surface area contributed by atoms with E-state index in [1.807, 2.05) is 7.05 Å². The third-order valence-electron chi connectivity index (χ3n) is 3.73. The Kier molecular flexibility index (Phi) is 4.78. The van der Waals surface area contributed by atoms with Crippen LogP contribution in [0.4, 0.5) is 4.39 Å². The van der Waals surface area contributed by atoms with Crippen molar-refractivity contribution in [1.82, 2.24) is 4.90 Å². The first-order valence-electron chi connectivity index (χ1n) is 6.63. The molecule has 4 nitrogen and oxygen atoms in total. The second kappa shape index (κ2) is 6.20. The van der Waals surface area contributed by atoms with Crippen molar-refractivity contribution in [2.75, 3.05) is 33.0 Å². The third-order valence-corrected chi connectivity index (χ3v) is 4.30.